The minimum atomic E-state index is -0.538. The average Bonchev–Trinajstić information content (AvgIpc) is 2.80. The number of hydrogen-bond donors (Lipinski definition) is 1. The Balaban J connectivity index is 1.69. The van der Waals surface area contributed by atoms with Crippen LogP contribution in [0.5, 0.6) is 11.5 Å². The van der Waals surface area contributed by atoms with Crippen LogP contribution in [0.3, 0.4) is 0 Å². The van der Waals surface area contributed by atoms with E-state index < -0.39 is 4.92 Å². The molecule has 9 heteroatoms. The molecule has 0 atom stereocenters. The van der Waals surface area contributed by atoms with Gasteiger partial charge in [-0.25, -0.2) is 0 Å². The van der Waals surface area contributed by atoms with Gasteiger partial charge in [-0.1, -0.05) is 6.92 Å². The number of amides is 1. The SMILES string of the molecule is CCCC(=O)N1CCN(c2ccc(N=Cc3cc([N+](=O)[O-])cc(OCC)c3O)cc2)CC1. The molecule has 170 valence electrons. The summed E-state index contributed by atoms with van der Waals surface area (Å²) in [5.74, 6) is 0.0806. The summed E-state index contributed by atoms with van der Waals surface area (Å²) in [7, 11) is 0. The van der Waals surface area contributed by atoms with Crippen molar-refractivity contribution in [1.29, 1.82) is 0 Å². The molecule has 1 aliphatic heterocycles. The lowest BCUT2D eigenvalue weighted by Gasteiger charge is -2.36. The number of rotatable bonds is 8. The monoisotopic (exact) mass is 440 g/mol. The standard InChI is InChI=1S/C23H28N4O5/c1-3-5-22(28)26-12-10-25(11-13-26)19-8-6-18(7-9-19)24-16-17-14-20(27(30)31)15-21(23(17)29)32-4-2/h6-9,14-16,29H,3-5,10-13H2,1-2H3. The van der Waals surface area contributed by atoms with E-state index in [2.05, 4.69) is 9.89 Å². The van der Waals surface area contributed by atoms with Gasteiger partial charge in [-0.15, -0.1) is 0 Å². The third-order valence-corrected chi connectivity index (χ3v) is 5.26. The van der Waals surface area contributed by atoms with Crippen molar-refractivity contribution in [2.45, 2.75) is 26.7 Å². The summed E-state index contributed by atoms with van der Waals surface area (Å²) in [5, 5.41) is 21.5. The molecule has 1 heterocycles. The number of nitro groups is 1. The van der Waals surface area contributed by atoms with Gasteiger partial charge in [0.15, 0.2) is 11.5 Å². The minimum Gasteiger partial charge on any atom is -0.504 e. The highest BCUT2D eigenvalue weighted by atomic mass is 16.6. The van der Waals surface area contributed by atoms with Crippen molar-refractivity contribution in [2.75, 3.05) is 37.7 Å². The number of nitrogens with zero attached hydrogens (tertiary/aromatic N) is 4. The van der Waals surface area contributed by atoms with Gasteiger partial charge in [0, 0.05) is 56.1 Å². The Bertz CT molecular complexity index is 983. The van der Waals surface area contributed by atoms with E-state index in [9.17, 15) is 20.0 Å². The highest BCUT2D eigenvalue weighted by molar-refractivity contribution is 5.88. The number of ether oxygens (including phenoxy) is 1. The van der Waals surface area contributed by atoms with Crippen LogP contribution < -0.4 is 9.64 Å². The van der Waals surface area contributed by atoms with Crippen molar-refractivity contribution in [3.05, 3.63) is 52.1 Å². The molecule has 1 aliphatic rings. The fourth-order valence-electron chi connectivity index (χ4n) is 3.56. The Labute approximate surface area is 187 Å². The molecule has 1 amide bonds. The van der Waals surface area contributed by atoms with Crippen LogP contribution in [0.2, 0.25) is 0 Å². The Morgan fingerprint density at radius 3 is 2.47 bits per heavy atom. The highest BCUT2D eigenvalue weighted by Crippen LogP contribution is 2.34. The average molecular weight is 441 g/mol. The number of piperazine rings is 1. The van der Waals surface area contributed by atoms with E-state index in [-0.39, 0.29) is 35.3 Å². The van der Waals surface area contributed by atoms with Crippen LogP contribution in [0, 0.1) is 10.1 Å². The molecule has 32 heavy (non-hydrogen) atoms. The second kappa shape index (κ2) is 10.6. The number of phenols is 1. The summed E-state index contributed by atoms with van der Waals surface area (Å²) in [4.78, 5) is 31.2. The van der Waals surface area contributed by atoms with Gasteiger partial charge in [-0.3, -0.25) is 19.9 Å². The lowest BCUT2D eigenvalue weighted by atomic mass is 10.1. The second-order valence-corrected chi connectivity index (χ2v) is 7.46. The van der Waals surface area contributed by atoms with E-state index in [1.54, 1.807) is 6.92 Å². The van der Waals surface area contributed by atoms with Crippen LogP contribution in [0.15, 0.2) is 41.4 Å². The smallest absolute Gasteiger partial charge is 0.274 e. The summed E-state index contributed by atoms with van der Waals surface area (Å²) >= 11 is 0. The fraction of sp³-hybridized carbons (Fsp3) is 0.391. The molecule has 3 rings (SSSR count). The van der Waals surface area contributed by atoms with E-state index in [1.807, 2.05) is 36.1 Å². The van der Waals surface area contributed by atoms with E-state index in [1.165, 1.54) is 18.3 Å². The molecule has 2 aromatic rings. The first kappa shape index (κ1) is 23.1. The van der Waals surface area contributed by atoms with E-state index in [0.717, 1.165) is 25.2 Å². The Morgan fingerprint density at radius 2 is 1.88 bits per heavy atom. The Hall–Kier alpha value is -3.62. The maximum Gasteiger partial charge on any atom is 0.274 e. The molecular weight excluding hydrogens is 412 g/mol. The largest absolute Gasteiger partial charge is 0.504 e. The van der Waals surface area contributed by atoms with Crippen molar-refractivity contribution in [3.63, 3.8) is 0 Å². The zero-order valence-electron chi connectivity index (χ0n) is 18.4. The first-order chi connectivity index (χ1) is 15.4. The van der Waals surface area contributed by atoms with Crippen LogP contribution in [-0.4, -0.2) is 59.8 Å². The van der Waals surface area contributed by atoms with Gasteiger partial charge in [-0.2, -0.15) is 0 Å². The molecule has 2 aromatic carbocycles. The summed E-state index contributed by atoms with van der Waals surface area (Å²) in [6.45, 7) is 7.00. The molecule has 0 saturated carbocycles. The molecule has 9 nitrogen and oxygen atoms in total. The molecule has 0 bridgehead atoms. The number of carbonyl (C=O) groups is 1. The number of aromatic hydroxyl groups is 1. The van der Waals surface area contributed by atoms with E-state index in [4.69, 9.17) is 4.74 Å². The van der Waals surface area contributed by atoms with Crippen molar-refractivity contribution < 1.29 is 19.6 Å². The third-order valence-electron chi connectivity index (χ3n) is 5.26. The van der Waals surface area contributed by atoms with Crippen molar-refractivity contribution in [3.8, 4) is 11.5 Å². The normalized spacial score (nSPS) is 14.1. The quantitative estimate of drug-likeness (QED) is 0.379. The van der Waals surface area contributed by atoms with Gasteiger partial charge in [0.05, 0.1) is 23.3 Å². The van der Waals surface area contributed by atoms with Crippen molar-refractivity contribution in [2.24, 2.45) is 4.99 Å². The predicted molar refractivity (Wildman–Crippen MR) is 123 cm³/mol. The number of carbonyl (C=O) groups excluding carboxylic acids is 1. The molecule has 1 N–H and O–H groups in total. The molecule has 0 unspecified atom stereocenters. The first-order valence-electron chi connectivity index (χ1n) is 10.7. The van der Waals surface area contributed by atoms with Crippen molar-refractivity contribution >= 4 is 29.2 Å². The zero-order chi connectivity index (χ0) is 23.1. The number of benzene rings is 2. The summed E-state index contributed by atoms with van der Waals surface area (Å²) in [5.41, 5.74) is 1.72. The third kappa shape index (κ3) is 5.54. The maximum atomic E-state index is 12.0. The highest BCUT2D eigenvalue weighted by Gasteiger charge is 2.20. The summed E-state index contributed by atoms with van der Waals surface area (Å²) in [6, 6.07) is 10.1. The van der Waals surface area contributed by atoms with E-state index >= 15 is 0 Å². The van der Waals surface area contributed by atoms with Crippen LogP contribution >= 0.6 is 0 Å². The number of aliphatic imine (C=N–C) groups is 1. The number of phenolic OH excluding ortho intramolecular Hbond substituents is 1. The predicted octanol–water partition coefficient (Wildman–Crippen LogP) is 3.90. The van der Waals surface area contributed by atoms with Gasteiger partial charge in [0.1, 0.15) is 0 Å². The van der Waals surface area contributed by atoms with Crippen LogP contribution in [-0.2, 0) is 4.79 Å². The van der Waals surface area contributed by atoms with E-state index in [0.29, 0.717) is 25.2 Å². The lowest BCUT2D eigenvalue weighted by Crippen LogP contribution is -2.48. The lowest BCUT2D eigenvalue weighted by molar-refractivity contribution is -0.385. The molecule has 1 fully saturated rings. The van der Waals surface area contributed by atoms with Crippen LogP contribution in [0.4, 0.5) is 17.1 Å². The minimum absolute atomic E-state index is 0.0510. The second-order valence-electron chi connectivity index (χ2n) is 7.46. The Morgan fingerprint density at radius 1 is 1.19 bits per heavy atom. The molecule has 0 radical (unpaired) electrons. The molecule has 0 aromatic heterocycles. The van der Waals surface area contributed by atoms with Crippen molar-refractivity contribution in [1.82, 2.24) is 4.90 Å². The number of nitro benzene ring substituents is 1. The number of non-ortho nitro benzene ring substituents is 1. The first-order valence-corrected chi connectivity index (χ1v) is 10.7. The van der Waals surface area contributed by atoms with Gasteiger partial charge >= 0.3 is 0 Å². The van der Waals surface area contributed by atoms with Crippen LogP contribution in [0.25, 0.3) is 0 Å². The molecule has 0 spiro atoms. The summed E-state index contributed by atoms with van der Waals surface area (Å²) < 4.78 is 5.29. The molecule has 0 aliphatic carbocycles. The Kier molecular flexibility index (Phi) is 7.64. The van der Waals surface area contributed by atoms with Gasteiger partial charge in [0.25, 0.3) is 5.69 Å². The number of hydrogen-bond acceptors (Lipinski definition) is 7. The van der Waals surface area contributed by atoms with Crippen LogP contribution in [0.1, 0.15) is 32.3 Å². The summed E-state index contributed by atoms with van der Waals surface area (Å²) in [6.07, 6.45) is 2.85. The number of anilines is 1. The van der Waals surface area contributed by atoms with Gasteiger partial charge < -0.3 is 19.6 Å². The maximum absolute atomic E-state index is 12.0. The zero-order valence-corrected chi connectivity index (χ0v) is 18.4. The van der Waals surface area contributed by atoms with Gasteiger partial charge in [-0.05, 0) is 37.6 Å². The molecule has 1 saturated heterocycles. The topological polar surface area (TPSA) is 109 Å². The van der Waals surface area contributed by atoms with Gasteiger partial charge in [0.2, 0.25) is 5.91 Å². The fourth-order valence-corrected chi connectivity index (χ4v) is 3.56. The molecular formula is C23H28N4O5.